The smallest absolute Gasteiger partial charge is 0.230 e. The van der Waals surface area contributed by atoms with Crippen LogP contribution in [0, 0.1) is 0 Å². The van der Waals surface area contributed by atoms with E-state index in [1.165, 1.54) is 11.3 Å². The highest BCUT2D eigenvalue weighted by Crippen LogP contribution is 2.37. The molecule has 0 saturated heterocycles. The molecule has 0 unspecified atom stereocenters. The summed E-state index contributed by atoms with van der Waals surface area (Å²) < 4.78 is 7.56. The van der Waals surface area contributed by atoms with Crippen molar-refractivity contribution in [2.24, 2.45) is 0 Å². The lowest BCUT2D eigenvalue weighted by Crippen LogP contribution is -2.14. The van der Waals surface area contributed by atoms with Gasteiger partial charge in [0, 0.05) is 16.6 Å². The maximum atomic E-state index is 12.7. The second-order valence-corrected chi connectivity index (χ2v) is 8.42. The molecule has 2 aromatic carbocycles. The van der Waals surface area contributed by atoms with Gasteiger partial charge in [0.05, 0.1) is 30.3 Å². The number of para-hydroxylation sites is 1. The van der Waals surface area contributed by atoms with Gasteiger partial charge in [0.15, 0.2) is 5.82 Å². The minimum atomic E-state index is -0.126. The highest BCUT2D eigenvalue weighted by atomic mass is 32.1. The number of anilines is 1. The van der Waals surface area contributed by atoms with Crippen LogP contribution in [-0.4, -0.2) is 37.7 Å². The topological polar surface area (TPSA) is 94.8 Å². The van der Waals surface area contributed by atoms with Gasteiger partial charge in [-0.25, -0.2) is 9.67 Å². The van der Waals surface area contributed by atoms with Crippen molar-refractivity contribution >= 4 is 22.9 Å². The molecular weight excluding hydrogens is 424 g/mol. The number of aromatic nitrogens is 5. The van der Waals surface area contributed by atoms with E-state index >= 15 is 0 Å². The van der Waals surface area contributed by atoms with Crippen LogP contribution in [0.3, 0.4) is 0 Å². The predicted octanol–water partition coefficient (Wildman–Crippen LogP) is 4.38. The summed E-state index contributed by atoms with van der Waals surface area (Å²) in [6.45, 7) is 2.54. The lowest BCUT2D eigenvalue weighted by Gasteiger charge is -2.08. The zero-order valence-electron chi connectivity index (χ0n) is 17.6. The van der Waals surface area contributed by atoms with Gasteiger partial charge in [0.2, 0.25) is 5.91 Å². The highest BCUT2D eigenvalue weighted by Gasteiger charge is 2.28. The molecule has 8 nitrogen and oxygen atoms in total. The van der Waals surface area contributed by atoms with Crippen LogP contribution in [0.25, 0.3) is 22.0 Å². The first-order valence-electron chi connectivity index (χ1n) is 10.6. The van der Waals surface area contributed by atoms with E-state index in [0.29, 0.717) is 18.3 Å². The SMILES string of the molecule is CCOc1ccccc1-c1nc(CC(=O)Nc2cccc(-c3nnnn3C3CC3)c2)cs1. The third-order valence-corrected chi connectivity index (χ3v) is 6.03. The quantitative estimate of drug-likeness (QED) is 0.432. The summed E-state index contributed by atoms with van der Waals surface area (Å²) >= 11 is 1.51. The number of amides is 1. The van der Waals surface area contributed by atoms with Gasteiger partial charge >= 0.3 is 0 Å². The number of rotatable bonds is 8. The molecule has 0 aliphatic heterocycles. The fraction of sp³-hybridized carbons (Fsp3) is 0.261. The normalized spacial score (nSPS) is 13.2. The lowest BCUT2D eigenvalue weighted by molar-refractivity contribution is -0.115. The molecule has 0 bridgehead atoms. The maximum Gasteiger partial charge on any atom is 0.230 e. The van der Waals surface area contributed by atoms with Crippen molar-refractivity contribution in [2.45, 2.75) is 32.2 Å². The van der Waals surface area contributed by atoms with Crippen molar-refractivity contribution in [2.75, 3.05) is 11.9 Å². The number of hydrogen-bond donors (Lipinski definition) is 1. The molecule has 4 aromatic rings. The Morgan fingerprint density at radius 2 is 2.09 bits per heavy atom. The van der Waals surface area contributed by atoms with E-state index in [0.717, 1.165) is 46.2 Å². The van der Waals surface area contributed by atoms with Crippen LogP contribution in [0.5, 0.6) is 5.75 Å². The molecule has 1 amide bonds. The Hall–Kier alpha value is -3.59. The number of carbonyl (C=O) groups excluding carboxylic acids is 1. The summed E-state index contributed by atoms with van der Waals surface area (Å²) in [6.07, 6.45) is 2.38. The average molecular weight is 447 g/mol. The fourth-order valence-electron chi connectivity index (χ4n) is 3.49. The Morgan fingerprint density at radius 1 is 1.22 bits per heavy atom. The largest absolute Gasteiger partial charge is 0.493 e. The Balaban J connectivity index is 1.28. The van der Waals surface area contributed by atoms with Crippen molar-refractivity contribution in [3.8, 4) is 27.7 Å². The zero-order chi connectivity index (χ0) is 21.9. The number of thiazole rings is 1. The number of hydrogen-bond acceptors (Lipinski definition) is 7. The van der Waals surface area contributed by atoms with Gasteiger partial charge in [-0.3, -0.25) is 4.79 Å². The Labute approximate surface area is 189 Å². The van der Waals surface area contributed by atoms with E-state index in [4.69, 9.17) is 4.74 Å². The van der Waals surface area contributed by atoms with E-state index in [1.807, 2.05) is 65.5 Å². The molecule has 0 radical (unpaired) electrons. The number of carbonyl (C=O) groups is 1. The molecule has 9 heteroatoms. The van der Waals surface area contributed by atoms with Crippen LogP contribution in [-0.2, 0) is 11.2 Å². The van der Waals surface area contributed by atoms with Gasteiger partial charge in [0.1, 0.15) is 10.8 Å². The first-order chi connectivity index (χ1) is 15.7. The van der Waals surface area contributed by atoms with E-state index in [9.17, 15) is 4.79 Å². The summed E-state index contributed by atoms with van der Waals surface area (Å²) in [4.78, 5) is 17.3. The van der Waals surface area contributed by atoms with Crippen molar-refractivity contribution in [3.63, 3.8) is 0 Å². The number of nitrogens with zero attached hydrogens (tertiary/aromatic N) is 5. The third-order valence-electron chi connectivity index (χ3n) is 5.10. The second kappa shape index (κ2) is 8.88. The van der Waals surface area contributed by atoms with Crippen LogP contribution >= 0.6 is 11.3 Å². The van der Waals surface area contributed by atoms with Crippen LogP contribution < -0.4 is 10.1 Å². The van der Waals surface area contributed by atoms with Crippen LogP contribution in [0.4, 0.5) is 5.69 Å². The monoisotopic (exact) mass is 446 g/mol. The number of nitrogens with one attached hydrogen (secondary N) is 1. The molecule has 1 fully saturated rings. The number of ether oxygens (including phenoxy) is 1. The van der Waals surface area contributed by atoms with Crippen molar-refractivity contribution in [1.82, 2.24) is 25.2 Å². The van der Waals surface area contributed by atoms with Gasteiger partial charge in [-0.1, -0.05) is 24.3 Å². The molecule has 2 aromatic heterocycles. The van der Waals surface area contributed by atoms with E-state index in [1.54, 1.807) is 0 Å². The summed E-state index contributed by atoms with van der Waals surface area (Å²) in [6, 6.07) is 15.8. The number of benzene rings is 2. The third kappa shape index (κ3) is 4.38. The first kappa shape index (κ1) is 20.3. The van der Waals surface area contributed by atoms with E-state index < -0.39 is 0 Å². The molecule has 1 N–H and O–H groups in total. The first-order valence-corrected chi connectivity index (χ1v) is 11.4. The Morgan fingerprint density at radius 3 is 2.94 bits per heavy atom. The van der Waals surface area contributed by atoms with Gasteiger partial charge in [-0.2, -0.15) is 0 Å². The van der Waals surface area contributed by atoms with Crippen molar-refractivity contribution < 1.29 is 9.53 Å². The minimum absolute atomic E-state index is 0.126. The van der Waals surface area contributed by atoms with Crippen molar-refractivity contribution in [3.05, 3.63) is 59.6 Å². The second-order valence-electron chi connectivity index (χ2n) is 7.56. The predicted molar refractivity (Wildman–Crippen MR) is 123 cm³/mol. The molecule has 162 valence electrons. The molecule has 5 rings (SSSR count). The van der Waals surface area contributed by atoms with Gasteiger partial charge in [-0.15, -0.1) is 16.4 Å². The summed E-state index contributed by atoms with van der Waals surface area (Å²) in [5.41, 5.74) is 3.24. The Bertz CT molecular complexity index is 1250. The van der Waals surface area contributed by atoms with E-state index in [2.05, 4.69) is 25.8 Å². The average Bonchev–Trinajstić information content (AvgIpc) is 3.34. The van der Waals surface area contributed by atoms with E-state index in [-0.39, 0.29) is 12.3 Å². The molecule has 0 atom stereocenters. The standard InChI is InChI=1S/C23H22N6O2S/c1-2-31-20-9-4-3-8-19(20)23-25-17(14-32-23)13-21(30)24-16-7-5-6-15(12-16)22-26-27-28-29(22)18-10-11-18/h3-9,12,14,18H,2,10-11,13H2,1H3,(H,24,30). The number of tetrazole rings is 1. The van der Waals surface area contributed by atoms with Crippen LogP contribution in [0.1, 0.15) is 31.5 Å². The van der Waals surface area contributed by atoms with Gasteiger partial charge < -0.3 is 10.1 Å². The molecule has 2 heterocycles. The molecular formula is C23H22N6O2S. The fourth-order valence-corrected chi connectivity index (χ4v) is 4.34. The molecule has 1 aliphatic carbocycles. The van der Waals surface area contributed by atoms with Crippen LogP contribution in [0.2, 0.25) is 0 Å². The highest BCUT2D eigenvalue weighted by molar-refractivity contribution is 7.13. The minimum Gasteiger partial charge on any atom is -0.493 e. The van der Waals surface area contributed by atoms with Gasteiger partial charge in [-0.05, 0) is 54.5 Å². The van der Waals surface area contributed by atoms with Crippen LogP contribution in [0.15, 0.2) is 53.9 Å². The molecule has 1 saturated carbocycles. The zero-order valence-corrected chi connectivity index (χ0v) is 18.4. The molecule has 1 aliphatic rings. The summed E-state index contributed by atoms with van der Waals surface area (Å²) in [5, 5.41) is 17.8. The van der Waals surface area contributed by atoms with Gasteiger partial charge in [0.25, 0.3) is 0 Å². The Kier molecular flexibility index (Phi) is 5.64. The molecule has 32 heavy (non-hydrogen) atoms. The summed E-state index contributed by atoms with van der Waals surface area (Å²) in [7, 11) is 0. The summed E-state index contributed by atoms with van der Waals surface area (Å²) in [5.74, 6) is 1.39. The molecule has 0 spiro atoms. The van der Waals surface area contributed by atoms with Crippen molar-refractivity contribution in [1.29, 1.82) is 0 Å². The lowest BCUT2D eigenvalue weighted by atomic mass is 10.2. The maximum absolute atomic E-state index is 12.7.